The molecule has 1 aromatic heterocycles. The van der Waals surface area contributed by atoms with E-state index in [0.717, 1.165) is 36.2 Å². The molecule has 30 heavy (non-hydrogen) atoms. The van der Waals surface area contributed by atoms with Crippen LogP contribution in [0.3, 0.4) is 0 Å². The predicted octanol–water partition coefficient (Wildman–Crippen LogP) is 6.88. The quantitative estimate of drug-likeness (QED) is 0.267. The summed E-state index contributed by atoms with van der Waals surface area (Å²) in [6.07, 6.45) is 14.2. The van der Waals surface area contributed by atoms with Crippen LogP contribution in [-0.4, -0.2) is 22.0 Å². The Morgan fingerprint density at radius 2 is 1.53 bits per heavy atom. The van der Waals surface area contributed by atoms with Gasteiger partial charge in [-0.1, -0.05) is 70.2 Å². The fraction of sp³-hybridized carbons (Fsp3) is 0.577. The molecule has 0 saturated carbocycles. The van der Waals surface area contributed by atoms with E-state index < -0.39 is 0 Å². The molecule has 0 saturated heterocycles. The van der Waals surface area contributed by atoms with Gasteiger partial charge >= 0.3 is 5.97 Å². The van der Waals surface area contributed by atoms with Gasteiger partial charge in [0.1, 0.15) is 0 Å². The van der Waals surface area contributed by atoms with Crippen molar-refractivity contribution in [3.05, 3.63) is 47.8 Å². The summed E-state index contributed by atoms with van der Waals surface area (Å²) in [5.41, 5.74) is 3.10. The van der Waals surface area contributed by atoms with E-state index in [-0.39, 0.29) is 18.0 Å². The minimum atomic E-state index is -0.279. The lowest BCUT2D eigenvalue weighted by molar-refractivity contribution is -0.150. The summed E-state index contributed by atoms with van der Waals surface area (Å²) in [5, 5.41) is 0. The van der Waals surface area contributed by atoms with E-state index in [4.69, 9.17) is 4.74 Å². The number of carbonyl (C=O) groups excluding carboxylic acids is 1. The minimum absolute atomic E-state index is 0.0275. The highest BCUT2D eigenvalue weighted by molar-refractivity contribution is 5.78. The summed E-state index contributed by atoms with van der Waals surface area (Å²) >= 11 is 0. The fourth-order valence-corrected chi connectivity index (χ4v) is 3.49. The van der Waals surface area contributed by atoms with E-state index in [9.17, 15) is 4.79 Å². The van der Waals surface area contributed by atoms with Crippen molar-refractivity contribution in [1.29, 1.82) is 0 Å². The van der Waals surface area contributed by atoms with Gasteiger partial charge in [0.2, 0.25) is 0 Å². The van der Waals surface area contributed by atoms with Gasteiger partial charge in [-0.2, -0.15) is 0 Å². The third-order valence-electron chi connectivity index (χ3n) is 5.58. The zero-order valence-electron chi connectivity index (χ0n) is 19.2. The first-order valence-corrected chi connectivity index (χ1v) is 11.7. The van der Waals surface area contributed by atoms with Crippen molar-refractivity contribution in [3.63, 3.8) is 0 Å². The lowest BCUT2D eigenvalue weighted by Gasteiger charge is -2.17. The molecule has 0 aliphatic heterocycles. The Bertz CT molecular complexity index is 741. The Hall–Kier alpha value is -2.23. The SMILES string of the molecule is CCCCCCC(C)OC(=O)[C@H](C)c1ccc(-c2ncc(CCCCC)cn2)cc1. The second-order valence-electron chi connectivity index (χ2n) is 8.31. The molecule has 0 aliphatic rings. The van der Waals surface area contributed by atoms with Crippen molar-refractivity contribution in [3.8, 4) is 11.4 Å². The van der Waals surface area contributed by atoms with Gasteiger partial charge in [0.25, 0.3) is 0 Å². The van der Waals surface area contributed by atoms with Gasteiger partial charge in [0, 0.05) is 18.0 Å². The van der Waals surface area contributed by atoms with E-state index in [1.807, 2.05) is 50.5 Å². The molecule has 4 heteroatoms. The van der Waals surface area contributed by atoms with Gasteiger partial charge in [0.15, 0.2) is 5.82 Å². The van der Waals surface area contributed by atoms with E-state index in [0.29, 0.717) is 0 Å². The molecule has 2 rings (SSSR count). The molecular formula is C26H38N2O2. The van der Waals surface area contributed by atoms with Crippen molar-refractivity contribution in [1.82, 2.24) is 9.97 Å². The number of aromatic nitrogens is 2. The maximum atomic E-state index is 12.5. The van der Waals surface area contributed by atoms with Crippen LogP contribution in [0, 0.1) is 0 Å². The van der Waals surface area contributed by atoms with Gasteiger partial charge < -0.3 is 4.74 Å². The van der Waals surface area contributed by atoms with Crippen molar-refractivity contribution in [2.45, 2.75) is 97.5 Å². The van der Waals surface area contributed by atoms with Crippen LogP contribution in [0.15, 0.2) is 36.7 Å². The highest BCUT2D eigenvalue weighted by atomic mass is 16.5. The van der Waals surface area contributed by atoms with Crippen LogP contribution in [0.2, 0.25) is 0 Å². The number of hydrogen-bond acceptors (Lipinski definition) is 4. The number of aryl methyl sites for hydroxylation is 1. The highest BCUT2D eigenvalue weighted by Gasteiger charge is 2.19. The molecular weight excluding hydrogens is 372 g/mol. The monoisotopic (exact) mass is 410 g/mol. The molecule has 1 heterocycles. The minimum Gasteiger partial charge on any atom is -0.462 e. The first-order valence-electron chi connectivity index (χ1n) is 11.7. The number of benzene rings is 1. The summed E-state index contributed by atoms with van der Waals surface area (Å²) in [6.45, 7) is 8.30. The number of carbonyl (C=O) groups is 1. The largest absolute Gasteiger partial charge is 0.462 e. The van der Waals surface area contributed by atoms with Crippen LogP contribution in [-0.2, 0) is 16.0 Å². The summed E-state index contributed by atoms with van der Waals surface area (Å²) in [4.78, 5) is 21.5. The molecule has 164 valence electrons. The van der Waals surface area contributed by atoms with Gasteiger partial charge in [-0.3, -0.25) is 4.79 Å². The molecule has 0 N–H and O–H groups in total. The summed E-state index contributed by atoms with van der Waals surface area (Å²) in [7, 11) is 0. The van der Waals surface area contributed by atoms with Crippen molar-refractivity contribution in [2.24, 2.45) is 0 Å². The zero-order valence-corrected chi connectivity index (χ0v) is 19.2. The Kier molecular flexibility index (Phi) is 10.5. The second-order valence-corrected chi connectivity index (χ2v) is 8.31. The molecule has 1 aromatic carbocycles. The van der Waals surface area contributed by atoms with Crippen LogP contribution < -0.4 is 0 Å². The topological polar surface area (TPSA) is 52.1 Å². The third-order valence-corrected chi connectivity index (χ3v) is 5.58. The first-order chi connectivity index (χ1) is 14.5. The van der Waals surface area contributed by atoms with Crippen LogP contribution in [0.5, 0.6) is 0 Å². The number of nitrogens with zero attached hydrogens (tertiary/aromatic N) is 2. The molecule has 2 atom stereocenters. The van der Waals surface area contributed by atoms with Gasteiger partial charge in [0.05, 0.1) is 12.0 Å². The van der Waals surface area contributed by atoms with Crippen LogP contribution in [0.25, 0.3) is 11.4 Å². The fourth-order valence-electron chi connectivity index (χ4n) is 3.49. The summed E-state index contributed by atoms with van der Waals surface area (Å²) < 4.78 is 5.65. The Morgan fingerprint density at radius 1 is 0.900 bits per heavy atom. The average molecular weight is 411 g/mol. The van der Waals surface area contributed by atoms with E-state index in [1.165, 1.54) is 44.1 Å². The van der Waals surface area contributed by atoms with Crippen LogP contribution >= 0.6 is 0 Å². The highest BCUT2D eigenvalue weighted by Crippen LogP contribution is 2.22. The number of esters is 1. The number of hydrogen-bond donors (Lipinski definition) is 0. The summed E-state index contributed by atoms with van der Waals surface area (Å²) in [5.74, 6) is 0.286. The van der Waals surface area contributed by atoms with Gasteiger partial charge in [-0.25, -0.2) is 9.97 Å². The Labute approximate surface area is 182 Å². The number of ether oxygens (including phenoxy) is 1. The number of rotatable bonds is 13. The molecule has 4 nitrogen and oxygen atoms in total. The number of unbranched alkanes of at least 4 members (excludes halogenated alkanes) is 5. The van der Waals surface area contributed by atoms with E-state index in [1.54, 1.807) is 0 Å². The lowest BCUT2D eigenvalue weighted by atomic mass is 9.99. The molecule has 0 aliphatic carbocycles. The second kappa shape index (κ2) is 13.1. The Balaban J connectivity index is 1.88. The molecule has 0 fully saturated rings. The third kappa shape index (κ3) is 7.89. The summed E-state index contributed by atoms with van der Waals surface area (Å²) in [6, 6.07) is 7.93. The van der Waals surface area contributed by atoms with Crippen LogP contribution in [0.1, 0.15) is 96.1 Å². The maximum Gasteiger partial charge on any atom is 0.313 e. The normalized spacial score (nSPS) is 13.1. The van der Waals surface area contributed by atoms with E-state index >= 15 is 0 Å². The smallest absolute Gasteiger partial charge is 0.313 e. The van der Waals surface area contributed by atoms with Crippen molar-refractivity contribution in [2.75, 3.05) is 0 Å². The maximum absolute atomic E-state index is 12.5. The Morgan fingerprint density at radius 3 is 2.17 bits per heavy atom. The zero-order chi connectivity index (χ0) is 21.8. The van der Waals surface area contributed by atoms with Gasteiger partial charge in [-0.05, 0) is 50.7 Å². The van der Waals surface area contributed by atoms with E-state index in [2.05, 4.69) is 23.8 Å². The van der Waals surface area contributed by atoms with Gasteiger partial charge in [-0.15, -0.1) is 0 Å². The van der Waals surface area contributed by atoms with Crippen molar-refractivity contribution < 1.29 is 9.53 Å². The van der Waals surface area contributed by atoms with Crippen LogP contribution in [0.4, 0.5) is 0 Å². The van der Waals surface area contributed by atoms with Crippen molar-refractivity contribution >= 4 is 5.97 Å². The molecule has 0 amide bonds. The molecule has 0 radical (unpaired) electrons. The molecule has 0 spiro atoms. The lowest BCUT2D eigenvalue weighted by Crippen LogP contribution is -2.19. The average Bonchev–Trinajstić information content (AvgIpc) is 2.77. The molecule has 1 unspecified atom stereocenters. The first kappa shape index (κ1) is 24.0. The standard InChI is InChI=1S/C26H38N2O2/c1-5-7-9-11-12-20(3)30-26(29)21(4)23-14-16-24(17-15-23)25-27-18-22(19-28-25)13-10-8-6-2/h14-21H,5-13H2,1-4H3/t20?,21-/m1/s1. The predicted molar refractivity (Wildman–Crippen MR) is 123 cm³/mol. The molecule has 2 aromatic rings. The molecule has 0 bridgehead atoms.